The van der Waals surface area contributed by atoms with Gasteiger partial charge in [0.2, 0.25) is 0 Å². The van der Waals surface area contributed by atoms with Crippen LogP contribution < -0.4 is 5.73 Å². The smallest absolute Gasteiger partial charge is 0.100 e. The van der Waals surface area contributed by atoms with Crippen LogP contribution in [0, 0.1) is 0 Å². The molecule has 5 aromatic carbocycles. The number of fused-ring (bicyclic) bond motifs is 6. The first-order chi connectivity index (χ1) is 24.5. The third-order valence-corrected chi connectivity index (χ3v) is 10.8. The molecule has 3 heteroatoms. The highest BCUT2D eigenvalue weighted by atomic mass is 15.0. The molecule has 0 bridgehead atoms. The van der Waals surface area contributed by atoms with Crippen molar-refractivity contribution in [3.05, 3.63) is 180 Å². The number of hydrogen-bond donors (Lipinski definition) is 1. The number of nitrogens with zero attached hydrogens (tertiary/aromatic N) is 2. The Morgan fingerprint density at radius 2 is 1.50 bits per heavy atom. The summed E-state index contributed by atoms with van der Waals surface area (Å²) < 4.78 is 2.29. The third kappa shape index (κ3) is 4.97. The fraction of sp³-hybridized carbons (Fsp3) is 0.128. The summed E-state index contributed by atoms with van der Waals surface area (Å²) >= 11 is 0. The van der Waals surface area contributed by atoms with Crippen LogP contribution >= 0.6 is 0 Å². The van der Waals surface area contributed by atoms with E-state index in [4.69, 9.17) is 10.7 Å². The highest BCUT2D eigenvalue weighted by Crippen LogP contribution is 2.50. The maximum atomic E-state index is 6.64. The minimum absolute atomic E-state index is 0.0875. The van der Waals surface area contributed by atoms with Gasteiger partial charge in [0.05, 0.1) is 22.8 Å². The maximum absolute atomic E-state index is 6.64. The molecule has 1 aromatic heterocycles. The van der Waals surface area contributed by atoms with Crippen molar-refractivity contribution in [2.45, 2.75) is 38.1 Å². The van der Waals surface area contributed by atoms with Crippen molar-refractivity contribution in [3.63, 3.8) is 0 Å². The third-order valence-electron chi connectivity index (χ3n) is 10.8. The quantitative estimate of drug-likeness (QED) is 0.147. The van der Waals surface area contributed by atoms with Gasteiger partial charge in [-0.3, -0.25) is 4.57 Å². The molecule has 3 nitrogen and oxygen atoms in total. The number of rotatable bonds is 5. The minimum atomic E-state index is -0.234. The van der Waals surface area contributed by atoms with Crippen LogP contribution in [-0.2, 0) is 5.41 Å². The number of benzene rings is 5. The summed E-state index contributed by atoms with van der Waals surface area (Å²) in [5, 5.41) is 2.45. The Morgan fingerprint density at radius 1 is 0.740 bits per heavy atom. The Labute approximate surface area is 293 Å². The molecule has 0 fully saturated rings. The molecule has 2 N–H and O–H groups in total. The van der Waals surface area contributed by atoms with E-state index in [-0.39, 0.29) is 11.5 Å². The van der Waals surface area contributed by atoms with Gasteiger partial charge in [0.25, 0.3) is 0 Å². The van der Waals surface area contributed by atoms with Gasteiger partial charge in [0.1, 0.15) is 6.34 Å². The van der Waals surface area contributed by atoms with Crippen molar-refractivity contribution in [2.75, 3.05) is 0 Å². The topological polar surface area (TPSA) is 43.3 Å². The molecule has 1 heterocycles. The summed E-state index contributed by atoms with van der Waals surface area (Å²) in [6.07, 6.45) is 19.0. The van der Waals surface area contributed by atoms with Gasteiger partial charge in [-0.2, -0.15) is 0 Å². The molecule has 1 unspecified atom stereocenters. The average molecular weight is 646 g/mol. The summed E-state index contributed by atoms with van der Waals surface area (Å²) in [7, 11) is 0. The zero-order chi connectivity index (χ0) is 33.8. The van der Waals surface area contributed by atoms with Gasteiger partial charge in [0, 0.05) is 21.8 Å². The lowest BCUT2D eigenvalue weighted by Crippen LogP contribution is -2.21. The molecule has 50 heavy (non-hydrogen) atoms. The molecule has 242 valence electrons. The van der Waals surface area contributed by atoms with E-state index in [1.54, 1.807) is 0 Å². The van der Waals surface area contributed by atoms with Crippen LogP contribution in [0.5, 0.6) is 0 Å². The number of aromatic nitrogens is 1. The molecule has 0 radical (unpaired) electrons. The number of nitrogens with two attached hydrogens (primary N) is 1. The van der Waals surface area contributed by atoms with Gasteiger partial charge in [-0.15, -0.1) is 0 Å². The first-order valence-electron chi connectivity index (χ1n) is 17.6. The van der Waals surface area contributed by atoms with Crippen molar-refractivity contribution in [1.29, 1.82) is 0 Å². The summed E-state index contributed by atoms with van der Waals surface area (Å²) in [5.74, 6) is 0. The number of aliphatic imine (C=N–C) groups is 1. The molecule has 0 spiro atoms. The molecule has 9 rings (SSSR count). The second-order valence-electron chi connectivity index (χ2n) is 14.1. The lowest BCUT2D eigenvalue weighted by molar-refractivity contribution is 0.661. The monoisotopic (exact) mass is 645 g/mol. The van der Waals surface area contributed by atoms with Crippen LogP contribution in [0.3, 0.4) is 0 Å². The molecule has 0 saturated carbocycles. The van der Waals surface area contributed by atoms with Crippen LogP contribution in [0.2, 0.25) is 0 Å². The first kappa shape index (κ1) is 30.3. The molecule has 3 aliphatic carbocycles. The molecular weight excluding hydrogens is 607 g/mol. The predicted molar refractivity (Wildman–Crippen MR) is 212 cm³/mol. The fourth-order valence-corrected chi connectivity index (χ4v) is 8.09. The van der Waals surface area contributed by atoms with Crippen molar-refractivity contribution >= 4 is 39.4 Å². The standard InChI is InChI=1S/C47H39N3/c1-47(2)41-19-11-9-17-36(41)39-29-45-40(28-42(39)47)37-26-25-35(33-23-21-32(22-24-33)31-13-5-3-6-14-31)27-44(37)50(45)30-49-46(34-15-7-4-8-16-34)38-18-10-12-20-43(38)48/h3-5,7-13,15-30,43H,6,14,48H2,1-2H3/b46-38-,49-30+. The Morgan fingerprint density at radius 3 is 2.30 bits per heavy atom. The largest absolute Gasteiger partial charge is 0.321 e. The lowest BCUT2D eigenvalue weighted by atomic mass is 9.82. The van der Waals surface area contributed by atoms with Gasteiger partial charge < -0.3 is 5.73 Å². The normalized spacial score (nSPS) is 18.5. The van der Waals surface area contributed by atoms with Gasteiger partial charge in [-0.1, -0.05) is 147 Å². The van der Waals surface area contributed by atoms with E-state index in [1.165, 1.54) is 55.3 Å². The second kappa shape index (κ2) is 12.0. The van der Waals surface area contributed by atoms with E-state index >= 15 is 0 Å². The van der Waals surface area contributed by atoms with Gasteiger partial charge in [-0.25, -0.2) is 4.99 Å². The van der Waals surface area contributed by atoms with Crippen LogP contribution in [-0.4, -0.2) is 16.9 Å². The summed E-state index contributed by atoms with van der Waals surface area (Å²) in [6, 6.07) is 39.7. The van der Waals surface area contributed by atoms with Gasteiger partial charge in [0.15, 0.2) is 0 Å². The number of hydrogen-bond acceptors (Lipinski definition) is 2. The van der Waals surface area contributed by atoms with E-state index in [1.807, 2.05) is 30.6 Å². The van der Waals surface area contributed by atoms with E-state index in [2.05, 4.69) is 146 Å². The fourth-order valence-electron chi connectivity index (χ4n) is 8.09. The van der Waals surface area contributed by atoms with Crippen LogP contribution in [0.1, 0.15) is 48.9 Å². The van der Waals surface area contributed by atoms with Gasteiger partial charge in [-0.05, 0) is 81.1 Å². The van der Waals surface area contributed by atoms with Crippen molar-refractivity contribution in [3.8, 4) is 22.3 Å². The van der Waals surface area contributed by atoms with Gasteiger partial charge >= 0.3 is 0 Å². The van der Waals surface area contributed by atoms with Crippen molar-refractivity contribution in [2.24, 2.45) is 10.7 Å². The molecule has 6 aromatic rings. The van der Waals surface area contributed by atoms with E-state index in [0.717, 1.165) is 40.7 Å². The predicted octanol–water partition coefficient (Wildman–Crippen LogP) is 11.2. The molecular formula is C47H39N3. The summed E-state index contributed by atoms with van der Waals surface area (Å²) in [5.41, 5.74) is 22.1. The van der Waals surface area contributed by atoms with Crippen molar-refractivity contribution < 1.29 is 0 Å². The Bertz CT molecular complexity index is 2500. The Balaban J connectivity index is 1.26. The molecule has 1 atom stereocenters. The SMILES string of the molecule is CC1(C)c2ccccc2-c2cc3c(cc21)c1ccc(-c2ccc(C4=CC=CCC4)cc2)cc1n3/C=N/C(=C1/C=CC=CC1N)c1ccccc1. The lowest BCUT2D eigenvalue weighted by Gasteiger charge is -2.21. The average Bonchev–Trinajstić information content (AvgIpc) is 3.59. The minimum Gasteiger partial charge on any atom is -0.321 e. The highest BCUT2D eigenvalue weighted by Gasteiger charge is 2.36. The Hall–Kier alpha value is -5.77. The van der Waals surface area contributed by atoms with Crippen LogP contribution in [0.4, 0.5) is 0 Å². The second-order valence-corrected chi connectivity index (χ2v) is 14.1. The Kier molecular flexibility index (Phi) is 7.26. The van der Waals surface area contributed by atoms with E-state index in [0.29, 0.717) is 0 Å². The van der Waals surface area contributed by atoms with E-state index in [9.17, 15) is 0 Å². The number of allylic oxidation sites excluding steroid dienone is 6. The first-order valence-corrected chi connectivity index (χ1v) is 17.6. The zero-order valence-corrected chi connectivity index (χ0v) is 28.5. The summed E-state index contributed by atoms with van der Waals surface area (Å²) in [6.45, 7) is 4.69. The van der Waals surface area contributed by atoms with E-state index < -0.39 is 0 Å². The van der Waals surface area contributed by atoms with Crippen LogP contribution in [0.15, 0.2) is 162 Å². The highest BCUT2D eigenvalue weighted by molar-refractivity contribution is 6.14. The molecule has 3 aliphatic rings. The summed E-state index contributed by atoms with van der Waals surface area (Å²) in [4.78, 5) is 5.28. The van der Waals surface area contributed by atoms with Crippen molar-refractivity contribution in [1.82, 2.24) is 4.57 Å². The maximum Gasteiger partial charge on any atom is 0.100 e. The molecule has 0 aliphatic heterocycles. The van der Waals surface area contributed by atoms with Crippen LogP contribution in [0.25, 0.3) is 55.3 Å². The molecule has 0 amide bonds. The zero-order valence-electron chi connectivity index (χ0n) is 28.5. The molecule has 0 saturated heterocycles.